The summed E-state index contributed by atoms with van der Waals surface area (Å²) in [6.45, 7) is 8.18. The van der Waals surface area contributed by atoms with E-state index in [1.807, 2.05) is 23.1 Å². The highest BCUT2D eigenvalue weighted by molar-refractivity contribution is 6.33. The van der Waals surface area contributed by atoms with Crippen molar-refractivity contribution in [3.8, 4) is 0 Å². The summed E-state index contributed by atoms with van der Waals surface area (Å²) in [5, 5.41) is 3.76. The fourth-order valence-electron chi connectivity index (χ4n) is 2.87. The van der Waals surface area contributed by atoms with Gasteiger partial charge in [0.25, 0.3) is 5.91 Å². The fraction of sp³-hybridized carbons (Fsp3) is 0.389. The Morgan fingerprint density at radius 2 is 1.92 bits per heavy atom. The number of halogens is 1. The average molecular weight is 360 g/mol. The summed E-state index contributed by atoms with van der Waals surface area (Å²) >= 11 is 6.18. The maximum atomic E-state index is 12.8. The zero-order chi connectivity index (χ0) is 17.8. The molecule has 1 fully saturated rings. The van der Waals surface area contributed by atoms with Crippen molar-refractivity contribution in [1.29, 1.82) is 0 Å². The summed E-state index contributed by atoms with van der Waals surface area (Å²) in [5.41, 5.74) is 1.16. The average Bonchev–Trinajstić information content (AvgIpc) is 2.62. The lowest BCUT2D eigenvalue weighted by atomic mass is 10.2. The number of nitrogens with zero attached hydrogens (tertiary/aromatic N) is 4. The molecule has 1 saturated heterocycles. The minimum absolute atomic E-state index is 0.0524. The maximum Gasteiger partial charge on any atom is 0.272 e. The number of para-hydroxylation sites is 1. The molecule has 0 bridgehead atoms. The van der Waals surface area contributed by atoms with Crippen LogP contribution in [0.2, 0.25) is 5.02 Å². The largest absolute Gasteiger partial charge is 0.339 e. The minimum Gasteiger partial charge on any atom is -0.339 e. The molecule has 1 aromatic carbocycles. The summed E-state index contributed by atoms with van der Waals surface area (Å²) in [7, 11) is 0. The molecule has 0 saturated carbocycles. The summed E-state index contributed by atoms with van der Waals surface area (Å²) in [5.74, 6) is 1.06. The number of aryl methyl sites for hydroxylation is 1. The van der Waals surface area contributed by atoms with Gasteiger partial charge in [0.15, 0.2) is 0 Å². The van der Waals surface area contributed by atoms with Crippen LogP contribution >= 0.6 is 11.6 Å². The second-order valence-electron chi connectivity index (χ2n) is 6.02. The van der Waals surface area contributed by atoms with Crippen LogP contribution in [0, 0.1) is 6.92 Å². The van der Waals surface area contributed by atoms with Gasteiger partial charge in [-0.1, -0.05) is 30.7 Å². The third kappa shape index (κ3) is 4.27. The third-order valence-electron chi connectivity index (χ3n) is 4.30. The minimum atomic E-state index is -0.0524. The van der Waals surface area contributed by atoms with Gasteiger partial charge in [0.2, 0.25) is 0 Å². The molecular formula is C18H22ClN5O. The van der Waals surface area contributed by atoms with E-state index in [0.717, 1.165) is 38.4 Å². The predicted octanol–water partition coefficient (Wildman–Crippen LogP) is 2.96. The molecule has 132 valence electrons. The number of anilines is 2. The predicted molar refractivity (Wildman–Crippen MR) is 99.5 cm³/mol. The van der Waals surface area contributed by atoms with Crippen molar-refractivity contribution in [3.05, 3.63) is 46.9 Å². The Hall–Kier alpha value is -2.18. The van der Waals surface area contributed by atoms with Crippen LogP contribution in [0.1, 0.15) is 23.2 Å². The number of likely N-dealkylation sites (N-methyl/N-ethyl adjacent to an activating group) is 1. The molecule has 0 atom stereocenters. The monoisotopic (exact) mass is 359 g/mol. The number of carbonyl (C=O) groups excluding carboxylic acids is 1. The van der Waals surface area contributed by atoms with E-state index in [9.17, 15) is 4.79 Å². The van der Waals surface area contributed by atoms with E-state index in [1.165, 1.54) is 0 Å². The van der Waals surface area contributed by atoms with E-state index in [2.05, 4.69) is 27.1 Å². The number of rotatable bonds is 4. The van der Waals surface area contributed by atoms with Gasteiger partial charge in [0.1, 0.15) is 17.3 Å². The Bertz CT molecular complexity index is 759. The Balaban J connectivity index is 1.77. The van der Waals surface area contributed by atoms with Crippen molar-refractivity contribution in [2.75, 3.05) is 38.0 Å². The lowest BCUT2D eigenvalue weighted by Crippen LogP contribution is -2.48. The lowest BCUT2D eigenvalue weighted by molar-refractivity contribution is 0.0637. The third-order valence-corrected chi connectivity index (χ3v) is 4.63. The SMILES string of the molecule is CCN1CCN(C(=O)c2cc(Nc3ccccc3Cl)nc(C)n2)CC1. The van der Waals surface area contributed by atoms with Gasteiger partial charge in [-0.15, -0.1) is 0 Å². The molecular weight excluding hydrogens is 338 g/mol. The number of hydrogen-bond acceptors (Lipinski definition) is 5. The summed E-state index contributed by atoms with van der Waals surface area (Å²) in [6, 6.07) is 9.11. The zero-order valence-corrected chi connectivity index (χ0v) is 15.3. The number of piperazine rings is 1. The first-order chi connectivity index (χ1) is 12.1. The fourth-order valence-corrected chi connectivity index (χ4v) is 3.05. The number of benzene rings is 1. The highest BCUT2D eigenvalue weighted by Crippen LogP contribution is 2.24. The van der Waals surface area contributed by atoms with E-state index in [1.54, 1.807) is 19.1 Å². The molecule has 0 unspecified atom stereocenters. The molecule has 1 aliphatic rings. The van der Waals surface area contributed by atoms with E-state index < -0.39 is 0 Å². The van der Waals surface area contributed by atoms with Crippen LogP contribution in [0.4, 0.5) is 11.5 Å². The highest BCUT2D eigenvalue weighted by atomic mass is 35.5. The number of carbonyl (C=O) groups is 1. The molecule has 0 aliphatic carbocycles. The smallest absolute Gasteiger partial charge is 0.272 e. The maximum absolute atomic E-state index is 12.8. The topological polar surface area (TPSA) is 61.4 Å². The van der Waals surface area contributed by atoms with Crippen LogP contribution in [-0.4, -0.2) is 58.4 Å². The Morgan fingerprint density at radius 1 is 1.20 bits per heavy atom. The van der Waals surface area contributed by atoms with Crippen molar-refractivity contribution >= 4 is 29.0 Å². The number of amides is 1. The van der Waals surface area contributed by atoms with Crippen LogP contribution in [0.15, 0.2) is 30.3 Å². The second-order valence-corrected chi connectivity index (χ2v) is 6.42. The first-order valence-electron chi connectivity index (χ1n) is 8.45. The normalized spacial score (nSPS) is 15.2. The molecule has 3 rings (SSSR count). The van der Waals surface area contributed by atoms with Crippen molar-refractivity contribution in [1.82, 2.24) is 19.8 Å². The molecule has 1 N–H and O–H groups in total. The molecule has 1 aromatic heterocycles. The van der Waals surface area contributed by atoms with E-state index in [4.69, 9.17) is 11.6 Å². The Kier molecular flexibility index (Phi) is 5.50. The van der Waals surface area contributed by atoms with Crippen LogP contribution in [-0.2, 0) is 0 Å². The number of aromatic nitrogens is 2. The van der Waals surface area contributed by atoms with Gasteiger partial charge in [-0.2, -0.15) is 0 Å². The molecule has 6 nitrogen and oxygen atoms in total. The van der Waals surface area contributed by atoms with E-state index in [-0.39, 0.29) is 5.91 Å². The van der Waals surface area contributed by atoms with Crippen LogP contribution in [0.3, 0.4) is 0 Å². The lowest BCUT2D eigenvalue weighted by Gasteiger charge is -2.33. The van der Waals surface area contributed by atoms with Gasteiger partial charge in [0, 0.05) is 32.2 Å². The van der Waals surface area contributed by atoms with Crippen molar-refractivity contribution in [3.63, 3.8) is 0 Å². The van der Waals surface area contributed by atoms with Gasteiger partial charge in [-0.25, -0.2) is 9.97 Å². The quantitative estimate of drug-likeness (QED) is 0.909. The standard InChI is InChI=1S/C18H22ClN5O/c1-3-23-8-10-24(11-9-23)18(25)16-12-17(21-13(2)20-16)22-15-7-5-4-6-14(15)19/h4-7,12H,3,8-11H2,1-2H3,(H,20,21,22). The highest BCUT2D eigenvalue weighted by Gasteiger charge is 2.23. The van der Waals surface area contributed by atoms with E-state index in [0.29, 0.717) is 22.4 Å². The van der Waals surface area contributed by atoms with Crippen LogP contribution in [0.5, 0.6) is 0 Å². The van der Waals surface area contributed by atoms with Crippen LogP contribution in [0.25, 0.3) is 0 Å². The molecule has 0 spiro atoms. The van der Waals surface area contributed by atoms with Gasteiger partial charge in [-0.05, 0) is 25.6 Å². The molecule has 2 heterocycles. The first kappa shape index (κ1) is 17.6. The van der Waals surface area contributed by atoms with Crippen molar-refractivity contribution < 1.29 is 4.79 Å². The molecule has 0 radical (unpaired) electrons. The molecule has 1 amide bonds. The molecule has 1 aliphatic heterocycles. The molecule has 25 heavy (non-hydrogen) atoms. The summed E-state index contributed by atoms with van der Waals surface area (Å²) in [6.07, 6.45) is 0. The summed E-state index contributed by atoms with van der Waals surface area (Å²) < 4.78 is 0. The van der Waals surface area contributed by atoms with Gasteiger partial charge in [-0.3, -0.25) is 4.79 Å². The van der Waals surface area contributed by atoms with Crippen molar-refractivity contribution in [2.45, 2.75) is 13.8 Å². The number of nitrogens with one attached hydrogen (secondary N) is 1. The zero-order valence-electron chi connectivity index (χ0n) is 14.5. The Labute approximate surface area is 152 Å². The van der Waals surface area contributed by atoms with Crippen LogP contribution < -0.4 is 5.32 Å². The number of hydrogen-bond donors (Lipinski definition) is 1. The van der Waals surface area contributed by atoms with Crippen molar-refractivity contribution in [2.24, 2.45) is 0 Å². The molecule has 7 heteroatoms. The van der Waals surface area contributed by atoms with Gasteiger partial charge < -0.3 is 15.1 Å². The summed E-state index contributed by atoms with van der Waals surface area (Å²) in [4.78, 5) is 25.7. The second kappa shape index (κ2) is 7.80. The first-order valence-corrected chi connectivity index (χ1v) is 8.83. The Morgan fingerprint density at radius 3 is 2.60 bits per heavy atom. The van der Waals surface area contributed by atoms with E-state index >= 15 is 0 Å². The molecule has 2 aromatic rings. The van der Waals surface area contributed by atoms with Gasteiger partial charge in [0.05, 0.1) is 10.7 Å². The van der Waals surface area contributed by atoms with Gasteiger partial charge >= 0.3 is 0 Å².